The van der Waals surface area contributed by atoms with E-state index in [0.29, 0.717) is 5.56 Å². The van der Waals surface area contributed by atoms with Crippen LogP contribution < -0.4 is 0 Å². The summed E-state index contributed by atoms with van der Waals surface area (Å²) in [5.74, 6) is 0. The van der Waals surface area contributed by atoms with E-state index in [4.69, 9.17) is 10.2 Å². The molecular formula is C11H14O3. The average molecular weight is 194 g/mol. The summed E-state index contributed by atoms with van der Waals surface area (Å²) in [4.78, 5) is 10.3. The van der Waals surface area contributed by atoms with Crippen molar-refractivity contribution in [1.29, 1.82) is 0 Å². The van der Waals surface area contributed by atoms with Gasteiger partial charge >= 0.3 is 0 Å². The standard InChI is InChI=1S/C9H8O.C2H6O2/c1-2-8-5-3-4-6-9(8)7-10;3-1-2-4/h2-7H,1H2;3-4H,1-2H2. The van der Waals surface area contributed by atoms with Crippen LogP contribution in [0, 0.1) is 0 Å². The van der Waals surface area contributed by atoms with Crippen LogP contribution in [-0.2, 0) is 0 Å². The molecule has 0 fully saturated rings. The third-order valence-corrected chi connectivity index (χ3v) is 1.44. The van der Waals surface area contributed by atoms with Crippen LogP contribution in [0.2, 0.25) is 0 Å². The van der Waals surface area contributed by atoms with Crippen molar-refractivity contribution in [2.24, 2.45) is 0 Å². The summed E-state index contributed by atoms with van der Waals surface area (Å²) in [7, 11) is 0. The van der Waals surface area contributed by atoms with Crippen molar-refractivity contribution in [1.82, 2.24) is 0 Å². The molecule has 0 aliphatic rings. The Morgan fingerprint density at radius 2 is 1.64 bits per heavy atom. The second kappa shape index (κ2) is 8.16. The molecule has 0 bridgehead atoms. The van der Waals surface area contributed by atoms with Gasteiger partial charge in [0.1, 0.15) is 0 Å². The molecule has 1 aromatic rings. The highest BCUT2D eigenvalue weighted by Crippen LogP contribution is 2.06. The van der Waals surface area contributed by atoms with E-state index < -0.39 is 0 Å². The maximum Gasteiger partial charge on any atom is 0.150 e. The lowest BCUT2D eigenvalue weighted by Crippen LogP contribution is -1.85. The van der Waals surface area contributed by atoms with Crippen LogP contribution in [0.3, 0.4) is 0 Å². The lowest BCUT2D eigenvalue weighted by Gasteiger charge is -1.94. The number of carbonyl (C=O) groups is 1. The van der Waals surface area contributed by atoms with Gasteiger partial charge in [-0.05, 0) is 5.56 Å². The molecule has 0 heterocycles. The molecule has 1 rings (SSSR count). The second-order valence-electron chi connectivity index (χ2n) is 2.40. The summed E-state index contributed by atoms with van der Waals surface area (Å²) < 4.78 is 0. The van der Waals surface area contributed by atoms with Gasteiger partial charge in [-0.3, -0.25) is 4.79 Å². The molecule has 0 amide bonds. The molecule has 14 heavy (non-hydrogen) atoms. The second-order valence-corrected chi connectivity index (χ2v) is 2.40. The van der Waals surface area contributed by atoms with Gasteiger partial charge < -0.3 is 10.2 Å². The summed E-state index contributed by atoms with van der Waals surface area (Å²) in [5.41, 5.74) is 1.58. The zero-order valence-corrected chi connectivity index (χ0v) is 7.89. The maximum atomic E-state index is 10.3. The van der Waals surface area contributed by atoms with Gasteiger partial charge in [-0.2, -0.15) is 0 Å². The van der Waals surface area contributed by atoms with Gasteiger partial charge in [0, 0.05) is 5.56 Å². The van der Waals surface area contributed by atoms with Crippen molar-refractivity contribution in [3.05, 3.63) is 42.0 Å². The van der Waals surface area contributed by atoms with E-state index in [1.807, 2.05) is 18.2 Å². The topological polar surface area (TPSA) is 57.5 Å². The highest BCUT2D eigenvalue weighted by molar-refractivity contribution is 5.81. The first-order valence-corrected chi connectivity index (χ1v) is 4.18. The third-order valence-electron chi connectivity index (χ3n) is 1.44. The van der Waals surface area contributed by atoms with Crippen molar-refractivity contribution in [2.75, 3.05) is 13.2 Å². The van der Waals surface area contributed by atoms with E-state index in [-0.39, 0.29) is 13.2 Å². The van der Waals surface area contributed by atoms with Gasteiger partial charge in [-0.1, -0.05) is 36.9 Å². The molecule has 2 N–H and O–H groups in total. The fourth-order valence-corrected chi connectivity index (χ4v) is 0.804. The van der Waals surface area contributed by atoms with Crippen molar-refractivity contribution in [3.8, 4) is 0 Å². The normalized spacial score (nSPS) is 8.43. The minimum Gasteiger partial charge on any atom is -0.394 e. The fraction of sp³-hybridized carbons (Fsp3) is 0.182. The number of carbonyl (C=O) groups excluding carboxylic acids is 1. The zero-order valence-electron chi connectivity index (χ0n) is 7.89. The Morgan fingerprint density at radius 3 is 1.93 bits per heavy atom. The van der Waals surface area contributed by atoms with E-state index in [9.17, 15) is 4.79 Å². The molecule has 0 aromatic heterocycles. The number of hydrogen-bond acceptors (Lipinski definition) is 3. The highest BCUT2D eigenvalue weighted by atomic mass is 16.3. The summed E-state index contributed by atoms with van der Waals surface area (Å²) in [6.07, 6.45) is 2.50. The van der Waals surface area contributed by atoms with Crippen LogP contribution >= 0.6 is 0 Å². The minimum absolute atomic E-state index is 0.125. The first kappa shape index (κ1) is 12.6. The Bertz CT molecular complexity index is 253. The van der Waals surface area contributed by atoms with Crippen LogP contribution in [0.1, 0.15) is 15.9 Å². The van der Waals surface area contributed by atoms with Gasteiger partial charge in [0.25, 0.3) is 0 Å². The minimum atomic E-state index is -0.125. The maximum absolute atomic E-state index is 10.3. The largest absolute Gasteiger partial charge is 0.394 e. The predicted octanol–water partition coefficient (Wildman–Crippen LogP) is 1.11. The molecule has 0 radical (unpaired) electrons. The molecule has 0 atom stereocenters. The van der Waals surface area contributed by atoms with E-state index in [0.717, 1.165) is 11.8 Å². The molecule has 0 unspecified atom stereocenters. The Labute approximate surface area is 83.3 Å². The average Bonchev–Trinajstić information content (AvgIpc) is 2.29. The summed E-state index contributed by atoms with van der Waals surface area (Å²) in [6, 6.07) is 7.33. The molecule has 0 spiro atoms. The Kier molecular flexibility index (Phi) is 7.32. The first-order valence-electron chi connectivity index (χ1n) is 4.18. The van der Waals surface area contributed by atoms with Crippen LogP contribution in [0.25, 0.3) is 6.08 Å². The zero-order chi connectivity index (χ0) is 10.8. The van der Waals surface area contributed by atoms with Gasteiger partial charge in [-0.25, -0.2) is 0 Å². The monoisotopic (exact) mass is 194 g/mol. The van der Waals surface area contributed by atoms with E-state index in [2.05, 4.69) is 6.58 Å². The van der Waals surface area contributed by atoms with E-state index in [1.165, 1.54) is 0 Å². The first-order chi connectivity index (χ1) is 6.79. The van der Waals surface area contributed by atoms with Crippen LogP contribution in [0.4, 0.5) is 0 Å². The van der Waals surface area contributed by atoms with Crippen molar-refractivity contribution >= 4 is 12.4 Å². The molecule has 3 heteroatoms. The molecule has 3 nitrogen and oxygen atoms in total. The molecule has 1 aromatic carbocycles. The number of aliphatic hydroxyl groups is 2. The highest BCUT2D eigenvalue weighted by Gasteiger charge is 1.92. The lowest BCUT2D eigenvalue weighted by molar-refractivity contribution is 0.112. The fourth-order valence-electron chi connectivity index (χ4n) is 0.804. The molecule has 76 valence electrons. The van der Waals surface area contributed by atoms with Gasteiger partial charge in [0.15, 0.2) is 6.29 Å². The molecule has 0 saturated heterocycles. The van der Waals surface area contributed by atoms with Crippen LogP contribution in [0.15, 0.2) is 30.8 Å². The van der Waals surface area contributed by atoms with Crippen molar-refractivity contribution in [3.63, 3.8) is 0 Å². The Balaban J connectivity index is 0.000000364. The summed E-state index contributed by atoms with van der Waals surface area (Å²) >= 11 is 0. The summed E-state index contributed by atoms with van der Waals surface area (Å²) in [6.45, 7) is 3.33. The Hall–Kier alpha value is -1.45. The number of benzene rings is 1. The number of rotatable bonds is 3. The molecule has 0 aliphatic carbocycles. The van der Waals surface area contributed by atoms with Crippen LogP contribution in [-0.4, -0.2) is 29.7 Å². The third kappa shape index (κ3) is 4.54. The number of hydrogen-bond donors (Lipinski definition) is 2. The summed E-state index contributed by atoms with van der Waals surface area (Å²) in [5, 5.41) is 15.2. The van der Waals surface area contributed by atoms with E-state index >= 15 is 0 Å². The number of aliphatic hydroxyl groups excluding tert-OH is 2. The predicted molar refractivity (Wildman–Crippen MR) is 56.1 cm³/mol. The van der Waals surface area contributed by atoms with Crippen LogP contribution in [0.5, 0.6) is 0 Å². The quantitative estimate of drug-likeness (QED) is 0.709. The van der Waals surface area contributed by atoms with Gasteiger partial charge in [-0.15, -0.1) is 0 Å². The SMILES string of the molecule is C=Cc1ccccc1C=O.OCCO. The lowest BCUT2D eigenvalue weighted by atomic mass is 10.1. The molecular weight excluding hydrogens is 180 g/mol. The molecule has 0 saturated carbocycles. The number of aldehydes is 1. The van der Waals surface area contributed by atoms with Gasteiger partial charge in [0.2, 0.25) is 0 Å². The van der Waals surface area contributed by atoms with Crippen molar-refractivity contribution in [2.45, 2.75) is 0 Å². The van der Waals surface area contributed by atoms with E-state index in [1.54, 1.807) is 12.1 Å². The van der Waals surface area contributed by atoms with Gasteiger partial charge in [0.05, 0.1) is 13.2 Å². The molecule has 0 aliphatic heterocycles. The smallest absolute Gasteiger partial charge is 0.150 e. The Morgan fingerprint density at radius 1 is 1.14 bits per heavy atom. The van der Waals surface area contributed by atoms with Crippen molar-refractivity contribution < 1.29 is 15.0 Å².